The molecule has 1 atom stereocenters. The molecular formula is C21H21NO2. The third-order valence-corrected chi connectivity index (χ3v) is 4.06. The summed E-state index contributed by atoms with van der Waals surface area (Å²) in [7, 11) is 0. The third kappa shape index (κ3) is 3.81. The predicted octanol–water partition coefficient (Wildman–Crippen LogP) is 3.84. The van der Waals surface area contributed by atoms with Crippen molar-refractivity contribution in [1.29, 1.82) is 0 Å². The first-order valence-corrected chi connectivity index (χ1v) is 8.02. The minimum Gasteiger partial charge on any atom is -0.459 e. The second-order valence-corrected chi connectivity index (χ2v) is 6.34. The number of ether oxygens (including phenoxy) is 1. The lowest BCUT2D eigenvalue weighted by molar-refractivity contribution is -0.150. The van der Waals surface area contributed by atoms with Crippen LogP contribution in [0.2, 0.25) is 0 Å². The highest BCUT2D eigenvalue weighted by Crippen LogP contribution is 2.19. The summed E-state index contributed by atoms with van der Waals surface area (Å²) in [5, 5.41) is 2.31. The average molecular weight is 319 g/mol. The van der Waals surface area contributed by atoms with E-state index in [2.05, 4.69) is 24.3 Å². The van der Waals surface area contributed by atoms with Gasteiger partial charge >= 0.3 is 5.97 Å². The quantitative estimate of drug-likeness (QED) is 0.727. The number of hydrogen-bond acceptors (Lipinski definition) is 3. The van der Waals surface area contributed by atoms with Crippen molar-refractivity contribution in [3.8, 4) is 0 Å². The van der Waals surface area contributed by atoms with E-state index in [0.29, 0.717) is 6.42 Å². The molecule has 0 bridgehead atoms. The molecule has 0 radical (unpaired) electrons. The van der Waals surface area contributed by atoms with Crippen molar-refractivity contribution < 1.29 is 9.53 Å². The van der Waals surface area contributed by atoms with Crippen LogP contribution in [0.5, 0.6) is 0 Å². The molecule has 0 amide bonds. The Morgan fingerprint density at radius 1 is 0.917 bits per heavy atom. The van der Waals surface area contributed by atoms with Crippen LogP contribution in [0.15, 0.2) is 72.8 Å². The van der Waals surface area contributed by atoms with E-state index in [9.17, 15) is 4.79 Å². The Morgan fingerprint density at radius 2 is 1.58 bits per heavy atom. The van der Waals surface area contributed by atoms with Crippen molar-refractivity contribution in [3.05, 3.63) is 83.9 Å². The first-order valence-electron chi connectivity index (χ1n) is 8.02. The highest BCUT2D eigenvalue weighted by Gasteiger charge is 2.30. The molecule has 24 heavy (non-hydrogen) atoms. The van der Waals surface area contributed by atoms with Gasteiger partial charge in [-0.1, -0.05) is 72.8 Å². The molecule has 3 heteroatoms. The summed E-state index contributed by atoms with van der Waals surface area (Å²) in [5.41, 5.74) is 7.14. The van der Waals surface area contributed by atoms with Gasteiger partial charge < -0.3 is 10.5 Å². The minimum absolute atomic E-state index is 0.240. The summed E-state index contributed by atoms with van der Waals surface area (Å²) >= 11 is 0. The third-order valence-electron chi connectivity index (χ3n) is 4.06. The summed E-state index contributed by atoms with van der Waals surface area (Å²) in [6.45, 7) is 1.96. The maximum atomic E-state index is 12.4. The van der Waals surface area contributed by atoms with Crippen LogP contribution in [0.4, 0.5) is 0 Å². The van der Waals surface area contributed by atoms with Crippen LogP contribution in [0, 0.1) is 0 Å². The molecule has 0 unspecified atom stereocenters. The van der Waals surface area contributed by atoms with Crippen LogP contribution in [0.3, 0.4) is 0 Å². The molecule has 2 N–H and O–H groups in total. The molecule has 0 saturated carbocycles. The average Bonchev–Trinajstić information content (AvgIpc) is 2.60. The van der Waals surface area contributed by atoms with Crippen LogP contribution < -0.4 is 5.73 Å². The first kappa shape index (κ1) is 16.2. The fraction of sp³-hybridized carbons (Fsp3) is 0.190. The molecule has 0 fully saturated rings. The zero-order valence-electron chi connectivity index (χ0n) is 13.7. The maximum Gasteiger partial charge on any atom is 0.326 e. The van der Waals surface area contributed by atoms with Crippen LogP contribution >= 0.6 is 0 Å². The molecule has 3 nitrogen and oxygen atoms in total. The molecule has 3 rings (SSSR count). The van der Waals surface area contributed by atoms with Gasteiger partial charge in [-0.3, -0.25) is 4.79 Å². The van der Waals surface area contributed by atoms with E-state index in [-0.39, 0.29) is 12.6 Å². The molecule has 122 valence electrons. The van der Waals surface area contributed by atoms with Gasteiger partial charge in [-0.25, -0.2) is 0 Å². The first-order chi connectivity index (χ1) is 11.5. The highest BCUT2D eigenvalue weighted by atomic mass is 16.5. The zero-order valence-corrected chi connectivity index (χ0v) is 13.7. The van der Waals surface area contributed by atoms with Crippen molar-refractivity contribution in [3.63, 3.8) is 0 Å². The Balaban J connectivity index is 1.68. The fourth-order valence-electron chi connectivity index (χ4n) is 2.73. The molecule has 0 aromatic heterocycles. The van der Waals surface area contributed by atoms with Gasteiger partial charge in [0.15, 0.2) is 0 Å². The molecule has 0 aliphatic carbocycles. The van der Waals surface area contributed by atoms with Crippen LogP contribution in [0.25, 0.3) is 10.8 Å². The van der Waals surface area contributed by atoms with E-state index in [1.54, 1.807) is 6.92 Å². The summed E-state index contributed by atoms with van der Waals surface area (Å²) < 4.78 is 5.39. The number of benzene rings is 3. The van der Waals surface area contributed by atoms with Gasteiger partial charge in [-0.2, -0.15) is 0 Å². The lowest BCUT2D eigenvalue weighted by Crippen LogP contribution is -2.48. The number of esters is 1. The molecule has 0 aliphatic heterocycles. The number of carbonyl (C=O) groups is 1. The van der Waals surface area contributed by atoms with Crippen molar-refractivity contribution in [2.45, 2.75) is 25.5 Å². The van der Waals surface area contributed by atoms with Gasteiger partial charge in [0.2, 0.25) is 0 Å². The van der Waals surface area contributed by atoms with E-state index in [0.717, 1.165) is 16.5 Å². The molecule has 3 aromatic carbocycles. The smallest absolute Gasteiger partial charge is 0.326 e. The Morgan fingerprint density at radius 3 is 2.33 bits per heavy atom. The number of hydrogen-bond donors (Lipinski definition) is 1. The van der Waals surface area contributed by atoms with Crippen molar-refractivity contribution >= 4 is 16.7 Å². The summed E-state index contributed by atoms with van der Waals surface area (Å²) in [6.07, 6.45) is 0.436. The Labute approximate surface area is 142 Å². The van der Waals surface area contributed by atoms with Crippen LogP contribution in [-0.4, -0.2) is 11.5 Å². The minimum atomic E-state index is -1.06. The van der Waals surface area contributed by atoms with Crippen LogP contribution in [0.1, 0.15) is 18.1 Å². The number of carbonyl (C=O) groups excluding carboxylic acids is 1. The van der Waals surface area contributed by atoms with E-state index < -0.39 is 5.54 Å². The van der Waals surface area contributed by atoms with E-state index in [1.807, 2.05) is 48.5 Å². The van der Waals surface area contributed by atoms with Crippen molar-refractivity contribution in [2.75, 3.05) is 0 Å². The Hall–Kier alpha value is -2.65. The predicted molar refractivity (Wildman–Crippen MR) is 96.5 cm³/mol. The van der Waals surface area contributed by atoms with Gasteiger partial charge in [-0.15, -0.1) is 0 Å². The fourth-order valence-corrected chi connectivity index (χ4v) is 2.73. The standard InChI is InChI=1S/C21H21NO2/c1-21(22,20(23)24-15-16-7-3-2-4-8-16)14-17-11-12-18-9-5-6-10-19(18)13-17/h2-13H,14-15,22H2,1H3/t21-/m1/s1. The van der Waals surface area contributed by atoms with Crippen molar-refractivity contribution in [2.24, 2.45) is 5.73 Å². The molecule has 0 heterocycles. The van der Waals surface area contributed by atoms with Gasteiger partial charge in [0, 0.05) is 6.42 Å². The second-order valence-electron chi connectivity index (χ2n) is 6.34. The Bertz CT molecular complexity index is 841. The van der Waals surface area contributed by atoms with Gasteiger partial charge in [-0.05, 0) is 28.8 Å². The number of rotatable bonds is 5. The number of fused-ring (bicyclic) bond motifs is 1. The molecule has 3 aromatic rings. The molecule has 0 aliphatic rings. The maximum absolute atomic E-state index is 12.4. The summed E-state index contributed by atoms with van der Waals surface area (Å²) in [6, 6.07) is 23.9. The van der Waals surface area contributed by atoms with E-state index >= 15 is 0 Å². The molecule has 0 spiro atoms. The largest absolute Gasteiger partial charge is 0.459 e. The normalized spacial score (nSPS) is 13.4. The van der Waals surface area contributed by atoms with Gasteiger partial charge in [0.1, 0.15) is 12.1 Å². The van der Waals surface area contributed by atoms with Gasteiger partial charge in [0.25, 0.3) is 0 Å². The monoisotopic (exact) mass is 319 g/mol. The summed E-state index contributed by atoms with van der Waals surface area (Å²) in [5.74, 6) is -0.389. The van der Waals surface area contributed by atoms with E-state index in [1.165, 1.54) is 5.39 Å². The topological polar surface area (TPSA) is 52.3 Å². The molecule has 0 saturated heterocycles. The highest BCUT2D eigenvalue weighted by molar-refractivity contribution is 5.84. The lowest BCUT2D eigenvalue weighted by Gasteiger charge is -2.23. The lowest BCUT2D eigenvalue weighted by atomic mass is 9.93. The van der Waals surface area contributed by atoms with Crippen molar-refractivity contribution in [1.82, 2.24) is 0 Å². The molecular weight excluding hydrogens is 298 g/mol. The number of nitrogens with two attached hydrogens (primary N) is 1. The summed E-state index contributed by atoms with van der Waals surface area (Å²) in [4.78, 5) is 12.4. The van der Waals surface area contributed by atoms with Gasteiger partial charge in [0.05, 0.1) is 0 Å². The Kier molecular flexibility index (Phi) is 4.63. The zero-order chi connectivity index (χ0) is 17.0. The second kappa shape index (κ2) is 6.85. The van der Waals surface area contributed by atoms with E-state index in [4.69, 9.17) is 10.5 Å². The SMILES string of the molecule is C[C@@](N)(Cc1ccc2ccccc2c1)C(=O)OCc1ccccc1. The van der Waals surface area contributed by atoms with Crippen LogP contribution in [-0.2, 0) is 22.6 Å².